The zero-order valence-corrected chi connectivity index (χ0v) is 39.0. The van der Waals surface area contributed by atoms with E-state index in [0.717, 1.165) is 91.1 Å². The van der Waals surface area contributed by atoms with Crippen LogP contribution in [0.3, 0.4) is 0 Å². The van der Waals surface area contributed by atoms with E-state index in [9.17, 15) is 14.4 Å². The molecule has 0 heterocycles. The zero-order valence-electron chi connectivity index (χ0n) is 39.0. The number of para-hydroxylation sites is 1. The molecule has 0 fully saturated rings. The quantitative estimate of drug-likeness (QED) is 0.0448. The SMILES string of the molecule is Cc1cccc(C)c1NC(=O)NN=Cc1ccc(Cc2cc(C)c(NC(=O)NN=Cc3ccc(CCc4cc(C)c(NC(=O)NN=Cc5ccc(C(C)C)cc5)c(C)c4)cc3)c(C)c2)cc1. The minimum absolute atomic E-state index is 0.397. The predicted octanol–water partition coefficient (Wildman–Crippen LogP) is 11.5. The molecule has 338 valence electrons. The number of aryl methyl sites for hydroxylation is 8. The lowest BCUT2D eigenvalue weighted by molar-refractivity contribution is 0.251. The average molecular weight is 882 g/mol. The number of rotatable bonds is 15. The molecule has 0 aromatic heterocycles. The Morgan fingerprint density at radius 2 is 0.788 bits per heavy atom. The molecule has 12 nitrogen and oxygen atoms in total. The van der Waals surface area contributed by atoms with Gasteiger partial charge in [-0.15, -0.1) is 0 Å². The number of hydrogen-bond donors (Lipinski definition) is 6. The van der Waals surface area contributed by atoms with Crippen molar-refractivity contribution in [2.75, 3.05) is 16.0 Å². The maximum absolute atomic E-state index is 12.8. The molecule has 0 saturated heterocycles. The highest BCUT2D eigenvalue weighted by Gasteiger charge is 2.12. The molecule has 0 aliphatic carbocycles. The largest absolute Gasteiger partial charge is 0.339 e. The van der Waals surface area contributed by atoms with Gasteiger partial charge in [-0.2, -0.15) is 15.3 Å². The van der Waals surface area contributed by atoms with E-state index in [2.05, 4.69) is 110 Å². The maximum Gasteiger partial charge on any atom is 0.339 e. The number of nitrogens with zero attached hydrogens (tertiary/aromatic N) is 3. The van der Waals surface area contributed by atoms with E-state index >= 15 is 0 Å². The summed E-state index contributed by atoms with van der Waals surface area (Å²) in [4.78, 5) is 37.8. The highest BCUT2D eigenvalue weighted by atomic mass is 16.2. The molecule has 0 bridgehead atoms. The van der Waals surface area contributed by atoms with E-state index in [-0.39, 0.29) is 0 Å². The van der Waals surface area contributed by atoms with Crippen LogP contribution >= 0.6 is 0 Å². The van der Waals surface area contributed by atoms with Gasteiger partial charge in [0.05, 0.1) is 18.6 Å². The molecule has 0 radical (unpaired) electrons. The van der Waals surface area contributed by atoms with Crippen molar-refractivity contribution in [3.05, 3.63) is 193 Å². The molecule has 0 aliphatic heterocycles. The van der Waals surface area contributed by atoms with Gasteiger partial charge in [-0.25, -0.2) is 30.7 Å². The van der Waals surface area contributed by atoms with Crippen LogP contribution in [-0.2, 0) is 19.3 Å². The van der Waals surface area contributed by atoms with E-state index in [1.807, 2.05) is 108 Å². The van der Waals surface area contributed by atoms with E-state index in [0.29, 0.717) is 12.3 Å². The second-order valence-corrected chi connectivity index (χ2v) is 16.9. The highest BCUT2D eigenvalue weighted by Crippen LogP contribution is 2.26. The zero-order chi connectivity index (χ0) is 47.2. The second-order valence-electron chi connectivity index (χ2n) is 16.9. The molecule has 6 aromatic carbocycles. The van der Waals surface area contributed by atoms with E-state index in [1.54, 1.807) is 18.6 Å². The summed E-state index contributed by atoms with van der Waals surface area (Å²) >= 11 is 0. The Labute approximate surface area is 388 Å². The lowest BCUT2D eigenvalue weighted by Gasteiger charge is -2.14. The van der Waals surface area contributed by atoms with Crippen molar-refractivity contribution in [1.82, 2.24) is 16.3 Å². The number of carbonyl (C=O) groups excluding carboxylic acids is 3. The summed E-state index contributed by atoms with van der Waals surface area (Å²) in [6, 6.07) is 37.1. The monoisotopic (exact) mass is 881 g/mol. The first kappa shape index (κ1) is 47.6. The Kier molecular flexibility index (Phi) is 16.4. The number of hydrogen-bond acceptors (Lipinski definition) is 6. The van der Waals surface area contributed by atoms with Crippen molar-refractivity contribution < 1.29 is 14.4 Å². The standard InChI is InChI=1S/C54H59N9O3/c1-34(2)48-24-22-45(23-25-48)33-57-63-53(65)59-50-37(5)26-46(27-38(50)6)21-14-41-12-17-43(18-13-41)31-55-62-54(66)60-51-39(7)28-47(29-40(51)8)30-42-15-19-44(20-16-42)32-56-61-52(64)58-49-35(3)10-9-11-36(49)4/h9-13,15-20,22-29,31-34H,14,21,30H2,1-8H3,(H2,58,61,64)(H2,59,63,65)(H2,60,62,66). The molecule has 0 unspecified atom stereocenters. The Morgan fingerprint density at radius 3 is 1.20 bits per heavy atom. The van der Waals surface area contributed by atoms with Crippen molar-refractivity contribution in [3.8, 4) is 0 Å². The van der Waals surface area contributed by atoms with Crippen LogP contribution in [0.25, 0.3) is 0 Å². The Hall–Kier alpha value is -7.86. The van der Waals surface area contributed by atoms with Crippen molar-refractivity contribution in [3.63, 3.8) is 0 Å². The Bertz CT molecular complexity index is 2690. The van der Waals surface area contributed by atoms with Crippen molar-refractivity contribution in [1.29, 1.82) is 0 Å². The smallest absolute Gasteiger partial charge is 0.306 e. The second kappa shape index (κ2) is 22.7. The summed E-state index contributed by atoms with van der Waals surface area (Å²) in [6.45, 7) is 16.1. The minimum atomic E-state index is -0.430. The van der Waals surface area contributed by atoms with Crippen LogP contribution in [0.5, 0.6) is 0 Å². The number of benzene rings is 6. The van der Waals surface area contributed by atoms with E-state index in [4.69, 9.17) is 0 Å². The van der Waals surface area contributed by atoms with Gasteiger partial charge in [0, 0.05) is 17.1 Å². The molecule has 0 spiro atoms. The summed E-state index contributed by atoms with van der Waals surface area (Å²) in [5.74, 6) is 0.455. The summed E-state index contributed by atoms with van der Waals surface area (Å²) < 4.78 is 0. The predicted molar refractivity (Wildman–Crippen MR) is 271 cm³/mol. The maximum atomic E-state index is 12.8. The molecular weight excluding hydrogens is 823 g/mol. The molecule has 66 heavy (non-hydrogen) atoms. The lowest BCUT2D eigenvalue weighted by Crippen LogP contribution is -2.25. The third-order valence-corrected chi connectivity index (χ3v) is 11.2. The summed E-state index contributed by atoms with van der Waals surface area (Å²) in [7, 11) is 0. The number of hydrazone groups is 3. The van der Waals surface area contributed by atoms with Crippen LogP contribution in [0.15, 0.2) is 131 Å². The summed E-state index contributed by atoms with van der Waals surface area (Å²) in [5, 5.41) is 21.1. The number of anilines is 3. The summed E-state index contributed by atoms with van der Waals surface area (Å²) in [6.07, 6.45) is 7.25. The van der Waals surface area contributed by atoms with Crippen LogP contribution in [0.2, 0.25) is 0 Å². The molecular formula is C54H59N9O3. The molecule has 6 rings (SSSR count). The van der Waals surface area contributed by atoms with Gasteiger partial charge in [-0.1, -0.05) is 129 Å². The fraction of sp³-hybridized carbons (Fsp3) is 0.222. The van der Waals surface area contributed by atoms with Gasteiger partial charge in [0.1, 0.15) is 0 Å². The molecule has 0 atom stereocenters. The molecule has 6 amide bonds. The van der Waals surface area contributed by atoms with Crippen molar-refractivity contribution >= 4 is 53.8 Å². The third-order valence-electron chi connectivity index (χ3n) is 11.2. The Balaban J connectivity index is 0.920. The normalized spacial score (nSPS) is 11.3. The summed E-state index contributed by atoms with van der Waals surface area (Å²) in [5.41, 5.74) is 24.2. The van der Waals surface area contributed by atoms with Crippen LogP contribution < -0.4 is 32.2 Å². The molecule has 6 aromatic rings. The average Bonchev–Trinajstić information content (AvgIpc) is 3.28. The first-order valence-corrected chi connectivity index (χ1v) is 22.0. The van der Waals surface area contributed by atoms with Gasteiger partial charge in [-0.05, 0) is 145 Å². The van der Waals surface area contributed by atoms with Crippen molar-refractivity contribution in [2.45, 2.75) is 80.6 Å². The van der Waals surface area contributed by atoms with Crippen molar-refractivity contribution in [2.24, 2.45) is 15.3 Å². The number of carbonyl (C=O) groups is 3. The third kappa shape index (κ3) is 13.8. The molecule has 12 heteroatoms. The van der Waals surface area contributed by atoms with Crippen LogP contribution in [0.1, 0.15) is 97.7 Å². The van der Waals surface area contributed by atoms with E-state index in [1.165, 1.54) is 16.7 Å². The fourth-order valence-electron chi connectivity index (χ4n) is 7.66. The molecule has 6 N–H and O–H groups in total. The Morgan fingerprint density at radius 1 is 0.439 bits per heavy atom. The topological polar surface area (TPSA) is 160 Å². The van der Waals surface area contributed by atoms with Gasteiger partial charge >= 0.3 is 18.1 Å². The van der Waals surface area contributed by atoms with Crippen LogP contribution in [0.4, 0.5) is 31.4 Å². The number of amides is 6. The van der Waals surface area contributed by atoms with E-state index < -0.39 is 18.1 Å². The molecule has 0 saturated carbocycles. The van der Waals surface area contributed by atoms with Gasteiger partial charge < -0.3 is 16.0 Å². The van der Waals surface area contributed by atoms with Crippen LogP contribution in [0, 0.1) is 41.5 Å². The van der Waals surface area contributed by atoms with Gasteiger partial charge in [0.2, 0.25) is 0 Å². The minimum Gasteiger partial charge on any atom is -0.306 e. The number of nitrogens with one attached hydrogen (secondary N) is 6. The lowest BCUT2D eigenvalue weighted by atomic mass is 9.98. The van der Waals surface area contributed by atoms with Gasteiger partial charge in [-0.3, -0.25) is 0 Å². The molecule has 0 aliphatic rings. The van der Waals surface area contributed by atoms with Gasteiger partial charge in [0.25, 0.3) is 0 Å². The number of urea groups is 3. The van der Waals surface area contributed by atoms with Crippen LogP contribution in [-0.4, -0.2) is 36.7 Å². The first-order valence-electron chi connectivity index (χ1n) is 22.0. The fourth-order valence-corrected chi connectivity index (χ4v) is 7.66. The van der Waals surface area contributed by atoms with Gasteiger partial charge in [0.15, 0.2) is 0 Å². The highest BCUT2D eigenvalue weighted by molar-refractivity contribution is 5.94. The first-order chi connectivity index (χ1) is 31.7.